The van der Waals surface area contributed by atoms with Crippen LogP contribution in [0.5, 0.6) is 0 Å². The van der Waals surface area contributed by atoms with Crippen molar-refractivity contribution in [2.45, 2.75) is 6.92 Å². The van der Waals surface area contributed by atoms with Crippen molar-refractivity contribution in [3.8, 4) is 0 Å². The molecular formula is C14H16N4O. The van der Waals surface area contributed by atoms with Gasteiger partial charge in [0.2, 0.25) is 0 Å². The maximum absolute atomic E-state index is 12.5. The Morgan fingerprint density at radius 1 is 1.21 bits per heavy atom. The van der Waals surface area contributed by atoms with Gasteiger partial charge < -0.3 is 10.2 Å². The molecule has 0 unspecified atom stereocenters. The van der Waals surface area contributed by atoms with E-state index in [4.69, 9.17) is 0 Å². The van der Waals surface area contributed by atoms with Gasteiger partial charge >= 0.3 is 0 Å². The van der Waals surface area contributed by atoms with E-state index in [1.54, 1.807) is 54.9 Å². The average molecular weight is 256 g/mol. The van der Waals surface area contributed by atoms with Crippen LogP contribution in [0.1, 0.15) is 17.3 Å². The maximum Gasteiger partial charge on any atom is 0.261 e. The van der Waals surface area contributed by atoms with Crippen LogP contribution in [-0.2, 0) is 0 Å². The average Bonchev–Trinajstić information content (AvgIpc) is 2.47. The van der Waals surface area contributed by atoms with E-state index in [0.717, 1.165) is 17.9 Å². The van der Waals surface area contributed by atoms with Gasteiger partial charge in [-0.05, 0) is 25.1 Å². The minimum Gasteiger partial charge on any atom is -0.385 e. The molecule has 1 amide bonds. The Bertz CT molecular complexity index is 556. The normalized spacial score (nSPS) is 10.0. The molecule has 2 rings (SSSR count). The first-order valence-corrected chi connectivity index (χ1v) is 6.10. The summed E-state index contributed by atoms with van der Waals surface area (Å²) in [6.07, 6.45) is 6.57. The van der Waals surface area contributed by atoms with Crippen molar-refractivity contribution in [1.82, 2.24) is 9.97 Å². The fraction of sp³-hybridized carbons (Fsp3) is 0.214. The van der Waals surface area contributed by atoms with Crippen LogP contribution in [0, 0.1) is 0 Å². The quantitative estimate of drug-likeness (QED) is 0.911. The first-order chi connectivity index (χ1) is 9.24. The van der Waals surface area contributed by atoms with E-state index in [1.807, 2.05) is 6.92 Å². The topological polar surface area (TPSA) is 58.1 Å². The van der Waals surface area contributed by atoms with Crippen molar-refractivity contribution in [2.75, 3.05) is 23.8 Å². The Balaban J connectivity index is 2.29. The number of pyridine rings is 2. The summed E-state index contributed by atoms with van der Waals surface area (Å²) in [7, 11) is 1.74. The zero-order valence-electron chi connectivity index (χ0n) is 11.0. The van der Waals surface area contributed by atoms with Crippen molar-refractivity contribution >= 4 is 17.3 Å². The van der Waals surface area contributed by atoms with Gasteiger partial charge in [-0.15, -0.1) is 0 Å². The van der Waals surface area contributed by atoms with Crippen molar-refractivity contribution in [3.63, 3.8) is 0 Å². The van der Waals surface area contributed by atoms with Gasteiger partial charge in [-0.25, -0.2) is 0 Å². The van der Waals surface area contributed by atoms with E-state index in [9.17, 15) is 4.79 Å². The molecule has 0 aliphatic rings. The maximum atomic E-state index is 12.5. The monoisotopic (exact) mass is 256 g/mol. The number of carbonyl (C=O) groups excluding carboxylic acids is 1. The van der Waals surface area contributed by atoms with Gasteiger partial charge in [-0.3, -0.25) is 14.8 Å². The SMILES string of the molecule is CCNc1ccncc1C(=O)N(C)c1ccncc1. The number of anilines is 2. The number of amides is 1. The highest BCUT2D eigenvalue weighted by Crippen LogP contribution is 2.19. The zero-order valence-corrected chi connectivity index (χ0v) is 11.0. The van der Waals surface area contributed by atoms with E-state index >= 15 is 0 Å². The van der Waals surface area contributed by atoms with Gasteiger partial charge in [-0.2, -0.15) is 0 Å². The first-order valence-electron chi connectivity index (χ1n) is 6.10. The van der Waals surface area contributed by atoms with Crippen molar-refractivity contribution < 1.29 is 4.79 Å². The van der Waals surface area contributed by atoms with Crippen LogP contribution < -0.4 is 10.2 Å². The standard InChI is InChI=1S/C14H16N4O/c1-3-17-13-6-9-16-10-12(13)14(19)18(2)11-4-7-15-8-5-11/h4-10H,3H2,1-2H3,(H,16,17). The van der Waals surface area contributed by atoms with Gasteiger partial charge in [0, 0.05) is 44.1 Å². The highest BCUT2D eigenvalue weighted by atomic mass is 16.2. The Morgan fingerprint density at radius 2 is 1.89 bits per heavy atom. The lowest BCUT2D eigenvalue weighted by atomic mass is 10.2. The molecule has 0 aliphatic carbocycles. The fourth-order valence-electron chi connectivity index (χ4n) is 1.78. The molecule has 2 aromatic heterocycles. The molecule has 0 fully saturated rings. The highest BCUT2D eigenvalue weighted by Gasteiger charge is 2.16. The number of nitrogens with zero attached hydrogens (tertiary/aromatic N) is 3. The molecule has 19 heavy (non-hydrogen) atoms. The second kappa shape index (κ2) is 5.95. The number of nitrogens with one attached hydrogen (secondary N) is 1. The molecule has 2 aromatic rings. The molecule has 0 bridgehead atoms. The smallest absolute Gasteiger partial charge is 0.261 e. The zero-order chi connectivity index (χ0) is 13.7. The molecule has 0 aromatic carbocycles. The number of hydrogen-bond donors (Lipinski definition) is 1. The van der Waals surface area contributed by atoms with Gasteiger partial charge in [0.1, 0.15) is 0 Å². The molecule has 0 aliphatic heterocycles. The van der Waals surface area contributed by atoms with Gasteiger partial charge in [0.05, 0.1) is 11.3 Å². The van der Waals surface area contributed by atoms with E-state index in [1.165, 1.54) is 0 Å². The van der Waals surface area contributed by atoms with E-state index in [0.29, 0.717) is 5.56 Å². The van der Waals surface area contributed by atoms with Crippen LogP contribution >= 0.6 is 0 Å². The summed E-state index contributed by atoms with van der Waals surface area (Å²) in [4.78, 5) is 22.0. The van der Waals surface area contributed by atoms with Crippen molar-refractivity contribution in [1.29, 1.82) is 0 Å². The summed E-state index contributed by atoms with van der Waals surface area (Å²) >= 11 is 0. The molecule has 0 radical (unpaired) electrons. The highest BCUT2D eigenvalue weighted by molar-refractivity contribution is 6.09. The summed E-state index contributed by atoms with van der Waals surface area (Å²) in [6.45, 7) is 2.74. The third kappa shape index (κ3) is 2.88. The minimum absolute atomic E-state index is 0.102. The predicted octanol–water partition coefficient (Wildman–Crippen LogP) is 2.18. The molecule has 0 atom stereocenters. The number of aromatic nitrogens is 2. The molecular weight excluding hydrogens is 240 g/mol. The molecule has 0 saturated carbocycles. The second-order valence-electron chi connectivity index (χ2n) is 4.02. The van der Waals surface area contributed by atoms with Crippen LogP contribution in [-0.4, -0.2) is 29.5 Å². The molecule has 0 spiro atoms. The van der Waals surface area contributed by atoms with Gasteiger partial charge in [-0.1, -0.05) is 0 Å². The summed E-state index contributed by atoms with van der Waals surface area (Å²) in [5.41, 5.74) is 2.15. The summed E-state index contributed by atoms with van der Waals surface area (Å²) in [5, 5.41) is 3.16. The number of rotatable bonds is 4. The van der Waals surface area contributed by atoms with Crippen LogP contribution in [0.3, 0.4) is 0 Å². The van der Waals surface area contributed by atoms with E-state index < -0.39 is 0 Å². The lowest BCUT2D eigenvalue weighted by Crippen LogP contribution is -2.27. The Kier molecular flexibility index (Phi) is 4.07. The third-order valence-electron chi connectivity index (χ3n) is 2.77. The molecule has 5 nitrogen and oxygen atoms in total. The lowest BCUT2D eigenvalue weighted by molar-refractivity contribution is 0.0993. The Labute approximate surface area is 112 Å². The van der Waals surface area contributed by atoms with Crippen LogP contribution in [0.15, 0.2) is 43.0 Å². The first kappa shape index (κ1) is 13.0. The van der Waals surface area contributed by atoms with Gasteiger partial charge in [0.15, 0.2) is 0 Å². The summed E-state index contributed by atoms with van der Waals surface area (Å²) in [6, 6.07) is 5.39. The largest absolute Gasteiger partial charge is 0.385 e. The van der Waals surface area contributed by atoms with Crippen LogP contribution in [0.2, 0.25) is 0 Å². The van der Waals surface area contributed by atoms with Crippen molar-refractivity contribution in [3.05, 3.63) is 48.5 Å². The molecule has 5 heteroatoms. The molecule has 0 saturated heterocycles. The van der Waals surface area contributed by atoms with Gasteiger partial charge in [0.25, 0.3) is 5.91 Å². The third-order valence-corrected chi connectivity index (χ3v) is 2.77. The second-order valence-corrected chi connectivity index (χ2v) is 4.02. The lowest BCUT2D eigenvalue weighted by Gasteiger charge is -2.18. The van der Waals surface area contributed by atoms with Crippen LogP contribution in [0.4, 0.5) is 11.4 Å². The summed E-state index contributed by atoms with van der Waals surface area (Å²) in [5.74, 6) is -0.102. The van der Waals surface area contributed by atoms with E-state index in [2.05, 4.69) is 15.3 Å². The Morgan fingerprint density at radius 3 is 2.58 bits per heavy atom. The molecule has 2 heterocycles. The fourth-order valence-corrected chi connectivity index (χ4v) is 1.78. The van der Waals surface area contributed by atoms with E-state index in [-0.39, 0.29) is 5.91 Å². The Hall–Kier alpha value is -2.43. The number of hydrogen-bond acceptors (Lipinski definition) is 4. The summed E-state index contributed by atoms with van der Waals surface area (Å²) < 4.78 is 0. The number of carbonyl (C=O) groups is 1. The van der Waals surface area contributed by atoms with Crippen LogP contribution in [0.25, 0.3) is 0 Å². The van der Waals surface area contributed by atoms with Crippen molar-refractivity contribution in [2.24, 2.45) is 0 Å². The minimum atomic E-state index is -0.102. The molecule has 98 valence electrons. The predicted molar refractivity (Wildman–Crippen MR) is 75.4 cm³/mol. The molecule has 1 N–H and O–H groups in total.